The van der Waals surface area contributed by atoms with Gasteiger partial charge in [-0.15, -0.1) is 0 Å². The number of carboxylic acids is 1. The molecule has 2 aromatic rings. The summed E-state index contributed by atoms with van der Waals surface area (Å²) in [6.07, 6.45) is 1.44. The van der Waals surface area contributed by atoms with Crippen molar-refractivity contribution in [1.82, 2.24) is 9.36 Å². The highest BCUT2D eigenvalue weighted by Crippen LogP contribution is 2.33. The maximum absolute atomic E-state index is 11.1. The highest BCUT2D eigenvalue weighted by molar-refractivity contribution is 8.01. The normalized spacial score (nSPS) is 10.2. The topological polar surface area (TPSA) is 72.3 Å². The van der Waals surface area contributed by atoms with E-state index in [0.717, 1.165) is 0 Å². The van der Waals surface area contributed by atoms with Gasteiger partial charge in [-0.3, -0.25) is 0 Å². The van der Waals surface area contributed by atoms with E-state index in [2.05, 4.69) is 9.36 Å². The van der Waals surface area contributed by atoms with E-state index < -0.39 is 5.97 Å². The first-order valence-electron chi connectivity index (χ1n) is 4.56. The van der Waals surface area contributed by atoms with E-state index in [4.69, 9.17) is 9.84 Å². The number of carboxylic acid groups (broad SMARTS) is 1. The number of rotatable bonds is 4. The van der Waals surface area contributed by atoms with E-state index in [1.54, 1.807) is 12.1 Å². The Hall–Kier alpha value is -1.60. The number of methoxy groups -OCH3 is 1. The van der Waals surface area contributed by atoms with Gasteiger partial charge in [0.25, 0.3) is 0 Å². The summed E-state index contributed by atoms with van der Waals surface area (Å²) in [5, 5.41) is 9.07. The second kappa shape index (κ2) is 5.15. The van der Waals surface area contributed by atoms with Gasteiger partial charge in [-0.05, 0) is 29.7 Å². The van der Waals surface area contributed by atoms with E-state index in [9.17, 15) is 4.79 Å². The zero-order valence-corrected chi connectivity index (χ0v) is 10.4. The van der Waals surface area contributed by atoms with Crippen LogP contribution in [0.4, 0.5) is 0 Å². The van der Waals surface area contributed by atoms with Gasteiger partial charge >= 0.3 is 5.97 Å². The first kappa shape index (κ1) is 11.9. The molecule has 0 fully saturated rings. The third-order valence-corrected chi connectivity index (χ3v) is 3.73. The predicted octanol–water partition coefficient (Wildman–Crippen LogP) is 2.40. The van der Waals surface area contributed by atoms with Gasteiger partial charge < -0.3 is 9.84 Å². The molecule has 1 aromatic carbocycles. The van der Waals surface area contributed by atoms with Crippen LogP contribution in [0.3, 0.4) is 0 Å². The van der Waals surface area contributed by atoms with Gasteiger partial charge in [0.2, 0.25) is 0 Å². The van der Waals surface area contributed by atoms with Gasteiger partial charge in [0, 0.05) is 4.90 Å². The number of aromatic nitrogens is 2. The summed E-state index contributed by atoms with van der Waals surface area (Å²) in [5.41, 5.74) is 0.228. The fourth-order valence-electron chi connectivity index (χ4n) is 1.19. The van der Waals surface area contributed by atoms with Gasteiger partial charge in [-0.25, -0.2) is 9.78 Å². The molecule has 7 heteroatoms. The second-order valence-electron chi connectivity index (χ2n) is 2.98. The summed E-state index contributed by atoms with van der Waals surface area (Å²) < 4.78 is 9.63. The average Bonchev–Trinajstić information content (AvgIpc) is 2.81. The maximum Gasteiger partial charge on any atom is 0.336 e. The van der Waals surface area contributed by atoms with Crippen LogP contribution in [0.5, 0.6) is 5.75 Å². The molecule has 88 valence electrons. The summed E-state index contributed by atoms with van der Waals surface area (Å²) in [7, 11) is 1.54. The molecular formula is C10H8N2O3S2. The van der Waals surface area contributed by atoms with E-state index in [0.29, 0.717) is 15.0 Å². The molecule has 0 amide bonds. The maximum atomic E-state index is 11.1. The predicted molar refractivity (Wildman–Crippen MR) is 64.0 cm³/mol. The van der Waals surface area contributed by atoms with E-state index in [1.165, 1.54) is 42.8 Å². The minimum absolute atomic E-state index is 0.228. The first-order chi connectivity index (χ1) is 8.20. The number of ether oxygens (including phenoxy) is 1. The smallest absolute Gasteiger partial charge is 0.336 e. The zero-order chi connectivity index (χ0) is 12.3. The quantitative estimate of drug-likeness (QED) is 0.918. The van der Waals surface area contributed by atoms with Crippen molar-refractivity contribution < 1.29 is 14.6 Å². The zero-order valence-electron chi connectivity index (χ0n) is 8.78. The van der Waals surface area contributed by atoms with Crippen LogP contribution in [0.25, 0.3) is 0 Å². The van der Waals surface area contributed by atoms with Crippen molar-refractivity contribution in [2.24, 2.45) is 0 Å². The van der Waals surface area contributed by atoms with Crippen LogP contribution >= 0.6 is 23.3 Å². The fraction of sp³-hybridized carbons (Fsp3) is 0.100. The lowest BCUT2D eigenvalue weighted by molar-refractivity contribution is 0.0693. The fourth-order valence-corrected chi connectivity index (χ4v) is 2.75. The summed E-state index contributed by atoms with van der Waals surface area (Å²) in [5.74, 6) is -0.360. The molecule has 1 aromatic heterocycles. The molecule has 5 nitrogen and oxygen atoms in total. The molecule has 0 atom stereocenters. The Morgan fingerprint density at radius 2 is 2.35 bits per heavy atom. The monoisotopic (exact) mass is 268 g/mol. The molecule has 17 heavy (non-hydrogen) atoms. The van der Waals surface area contributed by atoms with Crippen LogP contribution < -0.4 is 4.74 Å². The molecule has 0 saturated heterocycles. The number of benzene rings is 1. The van der Waals surface area contributed by atoms with Crippen molar-refractivity contribution >= 4 is 29.3 Å². The molecule has 0 aliphatic carbocycles. The Morgan fingerprint density at radius 3 is 2.94 bits per heavy atom. The van der Waals surface area contributed by atoms with Crippen molar-refractivity contribution in [3.8, 4) is 5.75 Å². The SMILES string of the molecule is COc1ccc(C(=O)O)c(Sc2ncns2)c1. The van der Waals surface area contributed by atoms with E-state index in [1.807, 2.05) is 0 Å². The average molecular weight is 268 g/mol. The Bertz CT molecular complexity index is 528. The standard InChI is InChI=1S/C10H8N2O3S2/c1-15-6-2-3-7(9(13)14)8(4-6)16-10-11-5-12-17-10/h2-5H,1H3,(H,13,14). The minimum Gasteiger partial charge on any atom is -0.497 e. The van der Waals surface area contributed by atoms with Gasteiger partial charge in [-0.1, -0.05) is 11.8 Å². The van der Waals surface area contributed by atoms with Crippen LogP contribution in [-0.2, 0) is 0 Å². The lowest BCUT2D eigenvalue weighted by Crippen LogP contribution is -1.99. The van der Waals surface area contributed by atoms with Crippen LogP contribution in [0.15, 0.2) is 33.8 Å². The van der Waals surface area contributed by atoms with Crippen LogP contribution in [-0.4, -0.2) is 27.5 Å². The Labute approximate surface area is 106 Å². The number of aromatic carboxylic acids is 1. The number of hydrogen-bond acceptors (Lipinski definition) is 6. The molecule has 2 rings (SSSR count). The van der Waals surface area contributed by atoms with Crippen molar-refractivity contribution in [3.05, 3.63) is 30.1 Å². The van der Waals surface area contributed by atoms with Gasteiger partial charge in [-0.2, -0.15) is 4.37 Å². The highest BCUT2D eigenvalue weighted by Gasteiger charge is 2.13. The molecule has 0 bridgehead atoms. The lowest BCUT2D eigenvalue weighted by Gasteiger charge is -2.06. The molecule has 0 saturated carbocycles. The van der Waals surface area contributed by atoms with Crippen molar-refractivity contribution in [2.45, 2.75) is 9.24 Å². The lowest BCUT2D eigenvalue weighted by atomic mass is 10.2. The van der Waals surface area contributed by atoms with Crippen molar-refractivity contribution in [2.75, 3.05) is 7.11 Å². The van der Waals surface area contributed by atoms with E-state index in [-0.39, 0.29) is 5.56 Å². The number of carbonyl (C=O) groups is 1. The Kier molecular flexibility index (Phi) is 3.60. The summed E-state index contributed by atoms with van der Waals surface area (Å²) >= 11 is 2.48. The molecular weight excluding hydrogens is 260 g/mol. The molecule has 1 heterocycles. The van der Waals surface area contributed by atoms with Crippen molar-refractivity contribution in [1.29, 1.82) is 0 Å². The summed E-state index contributed by atoms with van der Waals surface area (Å²) in [4.78, 5) is 15.7. The van der Waals surface area contributed by atoms with Crippen LogP contribution in [0, 0.1) is 0 Å². The third kappa shape index (κ3) is 2.75. The largest absolute Gasteiger partial charge is 0.497 e. The Balaban J connectivity index is 2.38. The molecule has 0 spiro atoms. The van der Waals surface area contributed by atoms with Gasteiger partial charge in [0.15, 0.2) is 4.34 Å². The van der Waals surface area contributed by atoms with E-state index >= 15 is 0 Å². The first-order valence-corrected chi connectivity index (χ1v) is 6.15. The van der Waals surface area contributed by atoms with Gasteiger partial charge in [0.05, 0.1) is 12.7 Å². The van der Waals surface area contributed by atoms with Gasteiger partial charge in [0.1, 0.15) is 12.1 Å². The molecule has 0 radical (unpaired) electrons. The third-order valence-electron chi connectivity index (χ3n) is 1.96. The second-order valence-corrected chi connectivity index (χ2v) is 5.05. The summed E-state index contributed by atoms with van der Waals surface area (Å²) in [6.45, 7) is 0. The van der Waals surface area contributed by atoms with Crippen LogP contribution in [0.2, 0.25) is 0 Å². The highest BCUT2D eigenvalue weighted by atomic mass is 32.2. The van der Waals surface area contributed by atoms with Crippen molar-refractivity contribution in [3.63, 3.8) is 0 Å². The summed E-state index contributed by atoms with van der Waals surface area (Å²) in [6, 6.07) is 4.81. The number of nitrogens with zero attached hydrogens (tertiary/aromatic N) is 2. The Morgan fingerprint density at radius 1 is 1.53 bits per heavy atom. The molecule has 0 unspecified atom stereocenters. The minimum atomic E-state index is -0.973. The molecule has 0 aliphatic heterocycles. The molecule has 0 aliphatic rings. The molecule has 1 N–H and O–H groups in total. The van der Waals surface area contributed by atoms with Crippen LogP contribution in [0.1, 0.15) is 10.4 Å². The number of hydrogen-bond donors (Lipinski definition) is 1.